The summed E-state index contributed by atoms with van der Waals surface area (Å²) in [5.41, 5.74) is 0. The van der Waals surface area contributed by atoms with Crippen LogP contribution >= 0.6 is 0 Å². The van der Waals surface area contributed by atoms with Crippen LogP contribution in [0, 0.1) is 0 Å². The molecule has 1 heterocycles. The summed E-state index contributed by atoms with van der Waals surface area (Å²) in [7, 11) is 2.36. The van der Waals surface area contributed by atoms with E-state index in [9.17, 15) is 5.11 Å². The molecule has 1 fully saturated rings. The molecule has 0 aliphatic carbocycles. The van der Waals surface area contributed by atoms with Crippen molar-refractivity contribution >= 4 is 5.97 Å². The lowest BCUT2D eigenvalue weighted by atomic mass is 10.1. The molecule has 0 spiro atoms. The smallest absolute Gasteiger partial charge is 0.0806 e. The van der Waals surface area contributed by atoms with Crippen LogP contribution in [0.25, 0.3) is 0 Å². The maximum Gasteiger partial charge on any atom is 0.0806 e. The number of aliphatic hydroxyl groups is 1. The van der Waals surface area contributed by atoms with E-state index in [2.05, 4.69) is 7.05 Å². The molecule has 1 N–H and O–H groups in total. The quantitative estimate of drug-likeness (QED) is 0.573. The van der Waals surface area contributed by atoms with Crippen LogP contribution in [-0.2, 0) is 9.53 Å². The third-order valence-electron chi connectivity index (χ3n) is 3.80. The van der Waals surface area contributed by atoms with Crippen LogP contribution in [-0.4, -0.2) is 61.1 Å². The Morgan fingerprint density at radius 2 is 1.80 bits per heavy atom. The molecule has 1 aliphatic rings. The average molecular weight is 289 g/mol. The van der Waals surface area contributed by atoms with Crippen LogP contribution in [0.5, 0.6) is 0 Å². The van der Waals surface area contributed by atoms with Crippen molar-refractivity contribution in [2.75, 3.05) is 33.3 Å². The Kier molecular flexibility index (Phi) is 9.80. The molecular formula is C15H31NO4. The molecule has 0 aromatic carbocycles. The predicted octanol–water partition coefficient (Wildman–Crippen LogP) is 0.549. The molecule has 0 bridgehead atoms. The number of piperidine rings is 1. The van der Waals surface area contributed by atoms with Crippen molar-refractivity contribution in [3.63, 3.8) is 0 Å². The minimum absolute atomic E-state index is 0.0355. The standard InChI is InChI=1S/C13H28NO2.C2H4O2/c1-12(15)13(2)16-11-7-10-14(3)8-5-4-6-9-14;1-2(3)4/h12-13,15H,4-11H2,1-3H3;1H3,(H,3,4)/q+1;/p-1. The zero-order valence-electron chi connectivity index (χ0n) is 13.4. The molecule has 1 saturated heterocycles. The van der Waals surface area contributed by atoms with Gasteiger partial charge in [-0.2, -0.15) is 0 Å². The molecule has 1 aliphatic heterocycles. The molecule has 0 radical (unpaired) electrons. The fourth-order valence-electron chi connectivity index (χ4n) is 2.35. The largest absolute Gasteiger partial charge is 0.550 e. The lowest BCUT2D eigenvalue weighted by Gasteiger charge is -2.37. The molecule has 1 rings (SSSR count). The maximum atomic E-state index is 9.29. The molecule has 0 aromatic heterocycles. The Balaban J connectivity index is 0.000000796. The number of nitrogens with zero attached hydrogens (tertiary/aromatic N) is 1. The van der Waals surface area contributed by atoms with E-state index in [-0.39, 0.29) is 12.2 Å². The van der Waals surface area contributed by atoms with Crippen molar-refractivity contribution in [3.8, 4) is 0 Å². The van der Waals surface area contributed by atoms with Crippen LogP contribution in [0.1, 0.15) is 46.5 Å². The molecule has 0 saturated carbocycles. The van der Waals surface area contributed by atoms with Crippen LogP contribution in [0.3, 0.4) is 0 Å². The van der Waals surface area contributed by atoms with Crippen molar-refractivity contribution in [2.24, 2.45) is 0 Å². The van der Waals surface area contributed by atoms with E-state index in [0.29, 0.717) is 0 Å². The fraction of sp³-hybridized carbons (Fsp3) is 0.933. The highest BCUT2D eigenvalue weighted by molar-refractivity contribution is 5.60. The van der Waals surface area contributed by atoms with Gasteiger partial charge >= 0.3 is 0 Å². The highest BCUT2D eigenvalue weighted by Crippen LogP contribution is 2.16. The molecular weight excluding hydrogens is 258 g/mol. The lowest BCUT2D eigenvalue weighted by Crippen LogP contribution is -2.48. The van der Waals surface area contributed by atoms with Crippen molar-refractivity contribution in [3.05, 3.63) is 0 Å². The first-order chi connectivity index (χ1) is 9.27. The second-order valence-electron chi connectivity index (χ2n) is 6.01. The van der Waals surface area contributed by atoms with Crippen molar-refractivity contribution < 1.29 is 24.2 Å². The highest BCUT2D eigenvalue weighted by Gasteiger charge is 2.23. The second-order valence-corrected chi connectivity index (χ2v) is 6.01. The van der Waals surface area contributed by atoms with E-state index in [4.69, 9.17) is 14.6 Å². The second kappa shape index (κ2) is 10.1. The van der Waals surface area contributed by atoms with Gasteiger partial charge in [-0.05, 0) is 40.0 Å². The predicted molar refractivity (Wildman–Crippen MR) is 77.0 cm³/mol. The number of carboxylic acids is 1. The fourth-order valence-corrected chi connectivity index (χ4v) is 2.35. The van der Waals surface area contributed by atoms with Gasteiger partial charge in [0.1, 0.15) is 0 Å². The molecule has 20 heavy (non-hydrogen) atoms. The molecule has 2 unspecified atom stereocenters. The van der Waals surface area contributed by atoms with Crippen LogP contribution in [0.4, 0.5) is 0 Å². The van der Waals surface area contributed by atoms with Crippen LogP contribution < -0.4 is 5.11 Å². The number of carbonyl (C=O) groups is 1. The number of ether oxygens (including phenoxy) is 1. The number of hydrogen-bond donors (Lipinski definition) is 1. The van der Waals surface area contributed by atoms with Crippen molar-refractivity contribution in [1.82, 2.24) is 0 Å². The number of rotatable bonds is 6. The van der Waals surface area contributed by atoms with E-state index >= 15 is 0 Å². The number of aliphatic carboxylic acids is 1. The van der Waals surface area contributed by atoms with E-state index in [1.807, 2.05) is 6.92 Å². The maximum absolute atomic E-state index is 9.29. The summed E-state index contributed by atoms with van der Waals surface area (Å²) in [6, 6.07) is 0. The first kappa shape index (κ1) is 19.4. The normalized spacial score (nSPS) is 20.4. The van der Waals surface area contributed by atoms with Gasteiger partial charge in [0.05, 0.1) is 45.5 Å². The van der Waals surface area contributed by atoms with Crippen molar-refractivity contribution in [1.29, 1.82) is 0 Å². The summed E-state index contributed by atoms with van der Waals surface area (Å²) in [4.78, 5) is 8.89. The van der Waals surface area contributed by atoms with E-state index < -0.39 is 5.97 Å². The zero-order chi connectivity index (χ0) is 15.6. The molecule has 2 atom stereocenters. The van der Waals surface area contributed by atoms with Gasteiger partial charge in [-0.3, -0.25) is 0 Å². The van der Waals surface area contributed by atoms with Gasteiger partial charge in [0.25, 0.3) is 0 Å². The lowest BCUT2D eigenvalue weighted by molar-refractivity contribution is -0.914. The van der Waals surface area contributed by atoms with Crippen LogP contribution in [0.15, 0.2) is 0 Å². The van der Waals surface area contributed by atoms with Gasteiger partial charge in [-0.25, -0.2) is 0 Å². The topological polar surface area (TPSA) is 69.6 Å². The number of carboxylic acid groups (broad SMARTS) is 1. The monoisotopic (exact) mass is 289 g/mol. The summed E-state index contributed by atoms with van der Waals surface area (Å²) in [6.45, 7) is 9.33. The number of hydrogen-bond acceptors (Lipinski definition) is 4. The van der Waals surface area contributed by atoms with Gasteiger partial charge in [-0.1, -0.05) is 0 Å². The van der Waals surface area contributed by atoms with Crippen molar-refractivity contribution in [2.45, 2.75) is 58.7 Å². The van der Waals surface area contributed by atoms with E-state index in [0.717, 1.165) is 20.0 Å². The molecule has 0 aromatic rings. The first-order valence-electron chi connectivity index (χ1n) is 7.57. The van der Waals surface area contributed by atoms with Crippen LogP contribution in [0.2, 0.25) is 0 Å². The van der Waals surface area contributed by atoms with Gasteiger partial charge in [0, 0.05) is 12.4 Å². The number of likely N-dealkylation sites (tertiary alicyclic amines) is 1. The number of aliphatic hydroxyl groups excluding tert-OH is 1. The Labute approximate surface area is 123 Å². The molecule has 5 heteroatoms. The zero-order valence-corrected chi connectivity index (χ0v) is 13.4. The summed E-state index contributed by atoms with van der Waals surface area (Å²) >= 11 is 0. The van der Waals surface area contributed by atoms with E-state index in [1.165, 1.54) is 43.4 Å². The van der Waals surface area contributed by atoms with Gasteiger partial charge in [0.2, 0.25) is 0 Å². The van der Waals surface area contributed by atoms with E-state index in [1.54, 1.807) is 6.92 Å². The summed E-state index contributed by atoms with van der Waals surface area (Å²) < 4.78 is 6.79. The Morgan fingerprint density at radius 1 is 1.30 bits per heavy atom. The SMILES string of the molecule is CC(=O)[O-].CC(O)C(C)OCCC[N+]1(C)CCCCC1. The summed E-state index contributed by atoms with van der Waals surface area (Å²) in [5, 5.41) is 18.2. The van der Waals surface area contributed by atoms with Gasteiger partial charge in [-0.15, -0.1) is 0 Å². The molecule has 0 amide bonds. The highest BCUT2D eigenvalue weighted by atomic mass is 16.5. The Morgan fingerprint density at radius 3 is 2.25 bits per heavy atom. The summed E-state index contributed by atoms with van der Waals surface area (Å²) in [6.07, 6.45) is 4.87. The third kappa shape index (κ3) is 10.2. The molecule has 5 nitrogen and oxygen atoms in total. The Hall–Kier alpha value is -0.650. The minimum Gasteiger partial charge on any atom is -0.550 e. The molecule has 120 valence electrons. The third-order valence-corrected chi connectivity index (χ3v) is 3.80. The number of carbonyl (C=O) groups excluding carboxylic acids is 1. The first-order valence-corrected chi connectivity index (χ1v) is 7.57. The Bertz CT molecular complexity index is 259. The van der Waals surface area contributed by atoms with Gasteiger partial charge in [0.15, 0.2) is 0 Å². The number of quaternary nitrogens is 1. The minimum atomic E-state index is -1.08. The summed E-state index contributed by atoms with van der Waals surface area (Å²) in [5.74, 6) is -1.08. The van der Waals surface area contributed by atoms with Gasteiger partial charge < -0.3 is 24.2 Å². The average Bonchev–Trinajstić information content (AvgIpc) is 2.34.